The van der Waals surface area contributed by atoms with Crippen LogP contribution in [0.25, 0.3) is 0 Å². The van der Waals surface area contributed by atoms with Crippen LogP contribution in [0.1, 0.15) is 69.8 Å². The summed E-state index contributed by atoms with van der Waals surface area (Å²) in [6.07, 6.45) is 7.31. The Bertz CT molecular complexity index is 851. The number of urea groups is 1. The number of amides is 2. The molecule has 1 aliphatic heterocycles. The van der Waals surface area contributed by atoms with Crippen LogP contribution >= 0.6 is 0 Å². The SMILES string of the molecule is CCNC(=O)N1CCC[C@H](NS(=O)(=O)C2CC2)[C@@H]1COC1CCC(c2ccccc2)CC1. The number of benzene rings is 1. The van der Waals surface area contributed by atoms with E-state index in [0.29, 0.717) is 25.6 Å². The number of rotatable bonds is 8. The molecule has 32 heavy (non-hydrogen) atoms. The Morgan fingerprint density at radius 1 is 1.06 bits per heavy atom. The maximum atomic E-state index is 12.7. The number of carbonyl (C=O) groups excluding carboxylic acids is 1. The van der Waals surface area contributed by atoms with E-state index in [9.17, 15) is 13.2 Å². The maximum Gasteiger partial charge on any atom is 0.317 e. The van der Waals surface area contributed by atoms with Crippen LogP contribution < -0.4 is 10.0 Å². The van der Waals surface area contributed by atoms with Gasteiger partial charge in [-0.15, -0.1) is 0 Å². The van der Waals surface area contributed by atoms with Crippen molar-refractivity contribution in [2.45, 2.75) is 87.6 Å². The Morgan fingerprint density at radius 3 is 2.44 bits per heavy atom. The Hall–Kier alpha value is -1.64. The molecule has 2 amide bonds. The molecule has 2 saturated carbocycles. The van der Waals surface area contributed by atoms with Crippen molar-refractivity contribution in [2.24, 2.45) is 0 Å². The van der Waals surface area contributed by atoms with E-state index in [4.69, 9.17) is 4.74 Å². The van der Waals surface area contributed by atoms with E-state index in [0.717, 1.165) is 51.4 Å². The predicted octanol–water partition coefficient (Wildman–Crippen LogP) is 3.37. The molecule has 8 heteroatoms. The van der Waals surface area contributed by atoms with Gasteiger partial charge >= 0.3 is 6.03 Å². The van der Waals surface area contributed by atoms with Crippen LogP contribution in [0.15, 0.2) is 30.3 Å². The molecule has 0 radical (unpaired) electrons. The number of hydrogen-bond donors (Lipinski definition) is 2. The van der Waals surface area contributed by atoms with E-state index >= 15 is 0 Å². The van der Waals surface area contributed by atoms with E-state index in [-0.39, 0.29) is 29.5 Å². The first-order valence-electron chi connectivity index (χ1n) is 12.2. The fourth-order valence-electron chi connectivity index (χ4n) is 5.11. The summed E-state index contributed by atoms with van der Waals surface area (Å²) in [5, 5.41) is 2.61. The first-order valence-corrected chi connectivity index (χ1v) is 13.7. The second-order valence-electron chi connectivity index (χ2n) is 9.42. The minimum Gasteiger partial charge on any atom is -0.376 e. The zero-order valence-electron chi connectivity index (χ0n) is 19.0. The molecule has 1 aromatic carbocycles. The second kappa shape index (κ2) is 10.5. The molecule has 1 heterocycles. The number of carbonyl (C=O) groups is 1. The van der Waals surface area contributed by atoms with Gasteiger partial charge in [0, 0.05) is 19.1 Å². The van der Waals surface area contributed by atoms with E-state index in [1.165, 1.54) is 5.56 Å². The molecule has 1 saturated heterocycles. The van der Waals surface area contributed by atoms with Gasteiger partial charge in [0.15, 0.2) is 0 Å². The number of sulfonamides is 1. The summed E-state index contributed by atoms with van der Waals surface area (Å²) >= 11 is 0. The van der Waals surface area contributed by atoms with E-state index in [1.807, 2.05) is 6.92 Å². The molecule has 2 N–H and O–H groups in total. The van der Waals surface area contributed by atoms with Crippen LogP contribution in [0.3, 0.4) is 0 Å². The fourth-order valence-corrected chi connectivity index (χ4v) is 6.76. The lowest BCUT2D eigenvalue weighted by atomic mass is 9.83. The molecule has 0 spiro atoms. The van der Waals surface area contributed by atoms with Gasteiger partial charge in [0.25, 0.3) is 0 Å². The average molecular weight is 464 g/mol. The van der Waals surface area contributed by atoms with Crippen molar-refractivity contribution in [3.63, 3.8) is 0 Å². The maximum absolute atomic E-state index is 12.7. The van der Waals surface area contributed by atoms with Crippen molar-refractivity contribution in [1.82, 2.24) is 14.9 Å². The molecule has 7 nitrogen and oxygen atoms in total. The van der Waals surface area contributed by atoms with Crippen molar-refractivity contribution in [3.05, 3.63) is 35.9 Å². The smallest absolute Gasteiger partial charge is 0.317 e. The lowest BCUT2D eigenvalue weighted by Crippen LogP contribution is -2.61. The van der Waals surface area contributed by atoms with Crippen LogP contribution in [0.2, 0.25) is 0 Å². The van der Waals surface area contributed by atoms with Crippen molar-refractivity contribution in [1.29, 1.82) is 0 Å². The Kier molecular flexibility index (Phi) is 7.74. The summed E-state index contributed by atoms with van der Waals surface area (Å²) in [6, 6.07) is 9.94. The Labute approximate surface area is 192 Å². The molecule has 178 valence electrons. The number of piperidine rings is 1. The van der Waals surface area contributed by atoms with Crippen LogP contribution in [0.4, 0.5) is 4.79 Å². The molecule has 2 aliphatic carbocycles. The highest BCUT2D eigenvalue weighted by molar-refractivity contribution is 7.90. The first kappa shape index (κ1) is 23.5. The third kappa shape index (κ3) is 5.83. The van der Waals surface area contributed by atoms with Gasteiger partial charge in [-0.05, 0) is 69.8 Å². The number of nitrogens with one attached hydrogen (secondary N) is 2. The molecule has 3 aliphatic rings. The molecule has 4 rings (SSSR count). The molecule has 0 bridgehead atoms. The predicted molar refractivity (Wildman–Crippen MR) is 125 cm³/mol. The molecule has 0 unspecified atom stereocenters. The topological polar surface area (TPSA) is 87.7 Å². The van der Waals surface area contributed by atoms with E-state index in [2.05, 4.69) is 40.4 Å². The van der Waals surface area contributed by atoms with Crippen LogP contribution in [0, 0.1) is 0 Å². The zero-order chi connectivity index (χ0) is 22.6. The van der Waals surface area contributed by atoms with Gasteiger partial charge in [0.1, 0.15) is 0 Å². The highest BCUT2D eigenvalue weighted by atomic mass is 32.2. The number of likely N-dealkylation sites (tertiary alicyclic amines) is 1. The van der Waals surface area contributed by atoms with Gasteiger partial charge in [-0.3, -0.25) is 0 Å². The minimum atomic E-state index is -3.33. The van der Waals surface area contributed by atoms with Gasteiger partial charge in [-0.1, -0.05) is 30.3 Å². The van der Waals surface area contributed by atoms with Gasteiger partial charge in [0.05, 0.1) is 24.0 Å². The van der Waals surface area contributed by atoms with Crippen LogP contribution in [-0.2, 0) is 14.8 Å². The Morgan fingerprint density at radius 2 is 1.78 bits per heavy atom. The largest absolute Gasteiger partial charge is 0.376 e. The van der Waals surface area contributed by atoms with E-state index < -0.39 is 10.0 Å². The summed E-state index contributed by atoms with van der Waals surface area (Å²) in [5.41, 5.74) is 1.40. The molecule has 3 fully saturated rings. The van der Waals surface area contributed by atoms with Gasteiger partial charge in [-0.2, -0.15) is 0 Å². The first-order chi connectivity index (χ1) is 15.5. The monoisotopic (exact) mass is 463 g/mol. The normalized spacial score (nSPS) is 29.0. The Balaban J connectivity index is 1.37. The van der Waals surface area contributed by atoms with Gasteiger partial charge in [0.2, 0.25) is 10.0 Å². The third-order valence-electron chi connectivity index (χ3n) is 7.09. The highest BCUT2D eigenvalue weighted by Crippen LogP contribution is 2.34. The molecular weight excluding hydrogens is 426 g/mol. The standard InChI is InChI=1S/C24H37N3O4S/c1-2-25-24(28)27-16-6-9-22(26-32(29,30)21-14-15-21)23(27)17-31-20-12-10-19(11-13-20)18-7-4-3-5-8-18/h3-5,7-8,19-23,26H,2,6,9-17H2,1H3,(H,25,28)/t19?,20?,22-,23-/m0/s1. The van der Waals surface area contributed by atoms with E-state index in [1.54, 1.807) is 4.90 Å². The van der Waals surface area contributed by atoms with Gasteiger partial charge in [-0.25, -0.2) is 17.9 Å². The number of hydrogen-bond acceptors (Lipinski definition) is 4. The lowest BCUT2D eigenvalue weighted by Gasteiger charge is -2.42. The second-order valence-corrected chi connectivity index (χ2v) is 11.4. The molecular formula is C24H37N3O4S. The average Bonchev–Trinajstić information content (AvgIpc) is 3.65. The van der Waals surface area contributed by atoms with Gasteiger partial charge < -0.3 is 15.0 Å². The van der Waals surface area contributed by atoms with Crippen molar-refractivity contribution in [2.75, 3.05) is 19.7 Å². The summed E-state index contributed by atoms with van der Waals surface area (Å²) in [4.78, 5) is 14.5. The van der Waals surface area contributed by atoms with Crippen LogP contribution in [-0.4, -0.2) is 62.5 Å². The minimum absolute atomic E-state index is 0.135. The quantitative estimate of drug-likeness (QED) is 0.619. The third-order valence-corrected chi connectivity index (χ3v) is 9.07. The zero-order valence-corrected chi connectivity index (χ0v) is 19.9. The fraction of sp³-hybridized carbons (Fsp3) is 0.708. The number of nitrogens with zero attached hydrogens (tertiary/aromatic N) is 1. The van der Waals surface area contributed by atoms with Crippen molar-refractivity contribution < 1.29 is 17.9 Å². The van der Waals surface area contributed by atoms with Crippen LogP contribution in [0.5, 0.6) is 0 Å². The summed E-state index contributed by atoms with van der Waals surface area (Å²) < 4.78 is 34.5. The summed E-state index contributed by atoms with van der Waals surface area (Å²) in [6.45, 7) is 3.44. The molecule has 1 aromatic rings. The molecule has 2 atom stereocenters. The molecule has 0 aromatic heterocycles. The number of ether oxygens (including phenoxy) is 1. The van der Waals surface area contributed by atoms with Crippen molar-refractivity contribution >= 4 is 16.1 Å². The summed E-state index contributed by atoms with van der Waals surface area (Å²) in [5.74, 6) is 0.579. The highest BCUT2D eigenvalue weighted by Gasteiger charge is 2.42. The lowest BCUT2D eigenvalue weighted by molar-refractivity contribution is -0.0173. The van der Waals surface area contributed by atoms with Crippen molar-refractivity contribution in [3.8, 4) is 0 Å². The summed E-state index contributed by atoms with van der Waals surface area (Å²) in [7, 11) is -3.33.